The quantitative estimate of drug-likeness (QED) is 0.0605. The highest BCUT2D eigenvalue weighted by Crippen LogP contribution is 2.51. The van der Waals surface area contributed by atoms with Crippen molar-refractivity contribution in [2.75, 3.05) is 0 Å². The van der Waals surface area contributed by atoms with E-state index in [1.54, 1.807) is 0 Å². The molecule has 4 heteroatoms. The van der Waals surface area contributed by atoms with Gasteiger partial charge in [0, 0.05) is 24.2 Å². The Morgan fingerprint density at radius 3 is 0.703 bits per heavy atom. The molecular weight excluding hydrogens is 1430 g/mol. The summed E-state index contributed by atoms with van der Waals surface area (Å²) in [6.07, 6.45) is 6.15. The van der Waals surface area contributed by atoms with Crippen LogP contribution in [0.5, 0.6) is 0 Å². The van der Waals surface area contributed by atoms with E-state index < -0.39 is 10.8 Å². The number of hydrogen-bond donors (Lipinski definition) is 0. The van der Waals surface area contributed by atoms with Gasteiger partial charge >= 0.3 is 0 Å². The molecule has 0 aliphatic heterocycles. The van der Waals surface area contributed by atoms with Crippen LogP contribution in [-0.2, 0) is 10.8 Å². The fraction of sp³-hybridized carbons (Fsp3) is 0.246. The van der Waals surface area contributed by atoms with Gasteiger partial charge in [0.05, 0.1) is 39.3 Å². The monoisotopic (exact) mass is 1540 g/mol. The lowest BCUT2D eigenvalue weighted by atomic mass is 9.71. The van der Waals surface area contributed by atoms with Crippen LogP contribution in [0.2, 0.25) is 0 Å². The van der Waals surface area contributed by atoms with Crippen LogP contribution in [-0.4, -0.2) is 19.9 Å². The summed E-state index contributed by atoms with van der Waals surface area (Å²) in [5, 5.41) is 0. The average molecular weight is 1540 g/mol. The van der Waals surface area contributed by atoms with Gasteiger partial charge in [0.2, 0.25) is 0 Å². The zero-order valence-electron chi connectivity index (χ0n) is 72.4. The predicted octanol–water partition coefficient (Wildman–Crippen LogP) is 31.6. The van der Waals surface area contributed by atoms with Crippen LogP contribution in [0.25, 0.3) is 111 Å². The van der Waals surface area contributed by atoms with Crippen LogP contribution in [0.1, 0.15) is 250 Å². The summed E-state index contributed by atoms with van der Waals surface area (Å²) in [5.74, 6) is 1.60. The Morgan fingerprint density at radius 1 is 0.186 bits per heavy atom. The van der Waals surface area contributed by atoms with Gasteiger partial charge in [-0.15, -0.1) is 0 Å². The molecule has 0 spiro atoms. The third kappa shape index (κ3) is 16.1. The zero-order chi connectivity index (χ0) is 82.8. The largest absolute Gasteiger partial charge is 0.260 e. The van der Waals surface area contributed by atoms with E-state index in [1.165, 1.54) is 111 Å². The molecule has 11 aromatic carbocycles. The molecule has 1 atom stereocenters. The van der Waals surface area contributed by atoms with E-state index in [2.05, 4.69) is 428 Å². The third-order valence-corrected chi connectivity index (χ3v) is 24.8. The van der Waals surface area contributed by atoms with Gasteiger partial charge in [-0.1, -0.05) is 341 Å². The minimum absolute atomic E-state index is 0.157. The Morgan fingerprint density at radius 2 is 0.424 bits per heavy atom. The van der Waals surface area contributed by atoms with E-state index >= 15 is 0 Å². The van der Waals surface area contributed by atoms with Crippen molar-refractivity contribution in [1.29, 1.82) is 0 Å². The summed E-state index contributed by atoms with van der Waals surface area (Å²) >= 11 is 0. The molecule has 4 heterocycles. The highest BCUT2D eigenvalue weighted by Gasteiger charge is 2.40. The van der Waals surface area contributed by atoms with Gasteiger partial charge in [-0.05, 0) is 284 Å². The van der Waals surface area contributed by atoms with Crippen molar-refractivity contribution < 1.29 is 0 Å². The van der Waals surface area contributed by atoms with Gasteiger partial charge in [-0.3, -0.25) is 19.9 Å². The SMILES string of the molecule is CC(C)c1cc(-c2ccccc2)cc(C(C)C)c1-c1cc(-c2cc(-c3ccccc3)cc(C(C)(c3cc(-c4c(C(C)C)cc(-c5ccccc5)cc4C(C)C)ccn3)c3cc(-c4c(C(C)C)cc(-c5ccccc5)cc4C(C)C)ccn3)n2)cc(C(C)(c2ccccc2)c2cc(-c3c(C(C)C)cc(-c4ccccc4)cc3C(C)C)ccn2)c1. The summed E-state index contributed by atoms with van der Waals surface area (Å²) < 4.78 is 0. The molecule has 4 aromatic heterocycles. The van der Waals surface area contributed by atoms with Gasteiger partial charge in [0.1, 0.15) is 0 Å². The number of pyridine rings is 4. The first-order valence-electron chi connectivity index (χ1n) is 43.0. The Bertz CT molecular complexity index is 5800. The number of rotatable bonds is 24. The summed E-state index contributed by atoms with van der Waals surface area (Å²) in [7, 11) is 0. The molecule has 15 rings (SSSR count). The lowest BCUT2D eigenvalue weighted by Crippen LogP contribution is -2.29. The second-order valence-corrected chi connectivity index (χ2v) is 35.5. The molecule has 0 radical (unpaired) electrons. The molecule has 0 saturated carbocycles. The Kier molecular flexibility index (Phi) is 23.6. The van der Waals surface area contributed by atoms with Gasteiger partial charge in [0.25, 0.3) is 0 Å². The maximum absolute atomic E-state index is 6.34. The standard InChI is InChI=1S/C114H114N4/c1-71(2)96-58-87(79-37-25-19-26-38-79)59-97(72(3)4)109(96)84-49-52-115-105(67-84)113(17,94-47-35-24-36-48-94)95-56-92(55-93(57-95)112-102(77(13)14)64-90(65-103(112)78(15)16)82-43-31-22-32-44-82)104-66-91(83-45-33-23-34-46-83)70-108(118-104)114(18,106-68-85(50-53-116-106)110-98(73(5)6)60-88(61-99(110)74(7)8)80-39-27-20-28-40-80)107-69-86(51-54-117-107)111-100(75(9)10)62-89(63-101(111)76(11)12)81-41-29-21-30-42-81/h19-78H,1-18H3. The van der Waals surface area contributed by atoms with E-state index in [9.17, 15) is 0 Å². The maximum Gasteiger partial charge on any atom is 0.0939 e. The van der Waals surface area contributed by atoms with Crippen LogP contribution in [0, 0.1) is 0 Å². The second kappa shape index (κ2) is 34.3. The van der Waals surface area contributed by atoms with Crippen molar-refractivity contribution >= 4 is 0 Å². The normalized spacial score (nSPS) is 12.5. The first-order valence-corrected chi connectivity index (χ1v) is 43.0. The van der Waals surface area contributed by atoms with Gasteiger partial charge < -0.3 is 0 Å². The molecule has 0 saturated heterocycles. The zero-order valence-corrected chi connectivity index (χ0v) is 72.4. The topological polar surface area (TPSA) is 51.6 Å². The molecular formula is C114H114N4. The first kappa shape index (κ1) is 81.2. The first-order chi connectivity index (χ1) is 56.9. The van der Waals surface area contributed by atoms with Crippen molar-refractivity contribution in [2.24, 2.45) is 0 Å². The summed E-state index contributed by atoms with van der Waals surface area (Å²) in [6.45, 7) is 42.3. The highest BCUT2D eigenvalue weighted by atomic mass is 14.8. The number of benzene rings is 11. The average Bonchev–Trinajstić information content (AvgIpc) is 0.736. The second-order valence-electron chi connectivity index (χ2n) is 35.5. The van der Waals surface area contributed by atoms with Crippen molar-refractivity contribution in [1.82, 2.24) is 19.9 Å². The van der Waals surface area contributed by atoms with Crippen molar-refractivity contribution in [3.05, 3.63) is 394 Å². The molecule has 118 heavy (non-hydrogen) atoms. The van der Waals surface area contributed by atoms with E-state index in [0.717, 1.165) is 78.5 Å². The van der Waals surface area contributed by atoms with Crippen LogP contribution in [0.15, 0.2) is 316 Å². The van der Waals surface area contributed by atoms with Gasteiger partial charge in [-0.2, -0.15) is 0 Å². The summed E-state index contributed by atoms with van der Waals surface area (Å²) in [4.78, 5) is 23.4. The van der Waals surface area contributed by atoms with Crippen molar-refractivity contribution in [3.63, 3.8) is 0 Å². The van der Waals surface area contributed by atoms with Crippen LogP contribution in [0.3, 0.4) is 0 Å². The van der Waals surface area contributed by atoms with Crippen LogP contribution in [0.4, 0.5) is 0 Å². The van der Waals surface area contributed by atoms with E-state index in [1.807, 2.05) is 12.4 Å². The van der Waals surface area contributed by atoms with Gasteiger partial charge in [-0.25, -0.2) is 0 Å². The Hall–Kier alpha value is -12.0. The minimum atomic E-state index is -1.11. The molecule has 0 bridgehead atoms. The molecule has 0 aliphatic carbocycles. The Balaban J connectivity index is 1.04. The smallest absolute Gasteiger partial charge is 0.0939 e. The molecule has 590 valence electrons. The van der Waals surface area contributed by atoms with Crippen molar-refractivity contribution in [2.45, 2.75) is 183 Å². The van der Waals surface area contributed by atoms with Gasteiger partial charge in [0.15, 0.2) is 0 Å². The van der Waals surface area contributed by atoms with Crippen LogP contribution >= 0.6 is 0 Å². The molecule has 15 aromatic rings. The minimum Gasteiger partial charge on any atom is -0.260 e. The van der Waals surface area contributed by atoms with E-state index in [0.29, 0.717) is 0 Å². The lowest BCUT2D eigenvalue weighted by Gasteiger charge is -2.33. The third-order valence-electron chi connectivity index (χ3n) is 24.8. The number of hydrogen-bond acceptors (Lipinski definition) is 4. The Labute approximate surface area is 703 Å². The lowest BCUT2D eigenvalue weighted by molar-refractivity contribution is 0.621. The number of nitrogens with zero attached hydrogens (tertiary/aromatic N) is 4. The molecule has 4 nitrogen and oxygen atoms in total. The molecule has 0 aliphatic rings. The summed E-state index contributed by atoms with van der Waals surface area (Å²) in [5.41, 5.74) is 37.3. The molecule has 0 amide bonds. The molecule has 1 unspecified atom stereocenters. The number of aromatic nitrogens is 4. The van der Waals surface area contributed by atoms with E-state index in [-0.39, 0.29) is 47.3 Å². The summed E-state index contributed by atoms with van der Waals surface area (Å²) in [6, 6.07) is 111. The van der Waals surface area contributed by atoms with E-state index in [4.69, 9.17) is 19.9 Å². The predicted molar refractivity (Wildman–Crippen MR) is 502 cm³/mol. The fourth-order valence-electron chi connectivity index (χ4n) is 18.1. The molecule has 0 fully saturated rings. The molecule has 0 N–H and O–H groups in total. The van der Waals surface area contributed by atoms with Crippen molar-refractivity contribution in [3.8, 4) is 111 Å². The highest BCUT2D eigenvalue weighted by molar-refractivity contribution is 5.86. The maximum atomic E-state index is 6.34. The van der Waals surface area contributed by atoms with Crippen LogP contribution < -0.4 is 0 Å². The fourth-order valence-corrected chi connectivity index (χ4v) is 18.1.